The van der Waals surface area contributed by atoms with Crippen molar-refractivity contribution in [2.45, 2.75) is 45.8 Å². The van der Waals surface area contributed by atoms with Crippen LogP contribution in [0.25, 0.3) is 0 Å². The average molecular weight is 271 g/mol. The van der Waals surface area contributed by atoms with Crippen molar-refractivity contribution in [3.8, 4) is 0 Å². The molecule has 6 nitrogen and oxygen atoms in total. The van der Waals surface area contributed by atoms with Crippen LogP contribution in [0.3, 0.4) is 0 Å². The number of nitrogens with zero attached hydrogens (tertiary/aromatic N) is 1. The van der Waals surface area contributed by atoms with Gasteiger partial charge in [-0.25, -0.2) is 4.79 Å². The Bertz CT molecular complexity index is 320. The fourth-order valence-electron chi connectivity index (χ4n) is 1.76. The number of ether oxygens (including phenoxy) is 1. The predicted molar refractivity (Wildman–Crippen MR) is 72.9 cm³/mol. The summed E-state index contributed by atoms with van der Waals surface area (Å²) in [4.78, 5) is 24.6. The molecule has 1 rings (SSSR count). The molecule has 2 amide bonds. The highest BCUT2D eigenvalue weighted by molar-refractivity contribution is 5.76. The van der Waals surface area contributed by atoms with Crippen LogP contribution in [0.15, 0.2) is 0 Å². The molecule has 110 valence electrons. The minimum absolute atomic E-state index is 0.0540. The molecular weight excluding hydrogens is 246 g/mol. The first-order valence-electron chi connectivity index (χ1n) is 6.80. The zero-order valence-electron chi connectivity index (χ0n) is 12.3. The smallest absolute Gasteiger partial charge is 0.410 e. The number of hydrogen-bond donors (Lipinski definition) is 2. The van der Waals surface area contributed by atoms with Gasteiger partial charge in [-0.05, 0) is 27.7 Å². The summed E-state index contributed by atoms with van der Waals surface area (Å²) in [6.07, 6.45) is 0.200. The third-order valence-electron chi connectivity index (χ3n) is 2.69. The van der Waals surface area contributed by atoms with Crippen molar-refractivity contribution >= 4 is 12.0 Å². The van der Waals surface area contributed by atoms with Gasteiger partial charge >= 0.3 is 6.09 Å². The van der Waals surface area contributed by atoms with Crippen LogP contribution in [0, 0.1) is 0 Å². The van der Waals surface area contributed by atoms with E-state index in [2.05, 4.69) is 10.6 Å². The Hall–Kier alpha value is -1.30. The maximum atomic E-state index is 11.7. The van der Waals surface area contributed by atoms with Crippen LogP contribution in [-0.2, 0) is 9.53 Å². The molecule has 0 aliphatic carbocycles. The maximum Gasteiger partial charge on any atom is 0.410 e. The number of carbonyl (C=O) groups excluding carboxylic acids is 2. The molecule has 6 heteroatoms. The van der Waals surface area contributed by atoms with E-state index in [4.69, 9.17) is 4.74 Å². The van der Waals surface area contributed by atoms with Gasteiger partial charge in [0.2, 0.25) is 5.91 Å². The zero-order chi connectivity index (χ0) is 14.5. The second kappa shape index (κ2) is 6.75. The van der Waals surface area contributed by atoms with E-state index in [1.165, 1.54) is 0 Å². The van der Waals surface area contributed by atoms with Gasteiger partial charge in [0.1, 0.15) is 5.60 Å². The molecule has 0 bridgehead atoms. The summed E-state index contributed by atoms with van der Waals surface area (Å²) in [6.45, 7) is 10.0. The summed E-state index contributed by atoms with van der Waals surface area (Å²) < 4.78 is 5.26. The van der Waals surface area contributed by atoms with Crippen molar-refractivity contribution < 1.29 is 14.3 Å². The standard InChI is InChI=1S/C13H25N3O3/c1-5-14-11(17)6-7-15-10-8-16(9-10)12(18)19-13(2,3)4/h10,15H,5-9H2,1-4H3,(H,14,17). The molecule has 1 aliphatic heterocycles. The molecule has 19 heavy (non-hydrogen) atoms. The van der Waals surface area contributed by atoms with Gasteiger partial charge in [-0.1, -0.05) is 0 Å². The monoisotopic (exact) mass is 271 g/mol. The molecular formula is C13H25N3O3. The highest BCUT2D eigenvalue weighted by Crippen LogP contribution is 2.14. The van der Waals surface area contributed by atoms with Crippen molar-refractivity contribution in [2.24, 2.45) is 0 Å². The van der Waals surface area contributed by atoms with Crippen LogP contribution >= 0.6 is 0 Å². The summed E-state index contributed by atoms with van der Waals surface area (Å²) in [7, 11) is 0. The Balaban J connectivity index is 2.10. The molecule has 0 aromatic rings. The van der Waals surface area contributed by atoms with Gasteiger partial charge in [0.05, 0.1) is 0 Å². The van der Waals surface area contributed by atoms with Gasteiger partial charge in [0, 0.05) is 38.6 Å². The van der Waals surface area contributed by atoms with E-state index < -0.39 is 5.60 Å². The van der Waals surface area contributed by atoms with Crippen molar-refractivity contribution in [3.63, 3.8) is 0 Å². The molecule has 1 fully saturated rings. The Labute approximate surface area is 114 Å². The highest BCUT2D eigenvalue weighted by atomic mass is 16.6. The van der Waals surface area contributed by atoms with E-state index in [-0.39, 0.29) is 18.0 Å². The Morgan fingerprint density at radius 1 is 1.32 bits per heavy atom. The van der Waals surface area contributed by atoms with Gasteiger partial charge < -0.3 is 20.3 Å². The van der Waals surface area contributed by atoms with E-state index in [9.17, 15) is 9.59 Å². The Morgan fingerprint density at radius 3 is 2.47 bits per heavy atom. The maximum absolute atomic E-state index is 11.7. The van der Waals surface area contributed by atoms with E-state index in [0.717, 1.165) is 0 Å². The first-order valence-corrected chi connectivity index (χ1v) is 6.80. The number of hydrogen-bond acceptors (Lipinski definition) is 4. The average Bonchev–Trinajstić information content (AvgIpc) is 2.18. The first-order chi connectivity index (χ1) is 8.81. The van der Waals surface area contributed by atoms with Crippen molar-refractivity contribution in [3.05, 3.63) is 0 Å². The topological polar surface area (TPSA) is 70.7 Å². The zero-order valence-corrected chi connectivity index (χ0v) is 12.3. The summed E-state index contributed by atoms with van der Waals surface area (Å²) in [5, 5.41) is 5.99. The second-order valence-electron chi connectivity index (χ2n) is 5.74. The fraction of sp³-hybridized carbons (Fsp3) is 0.846. The van der Waals surface area contributed by atoms with Crippen LogP contribution in [0.2, 0.25) is 0 Å². The lowest BCUT2D eigenvalue weighted by atomic mass is 10.1. The van der Waals surface area contributed by atoms with E-state index in [1.54, 1.807) is 4.90 Å². The predicted octanol–water partition coefficient (Wildman–Crippen LogP) is 0.722. The lowest BCUT2D eigenvalue weighted by Crippen LogP contribution is -2.60. The molecule has 0 spiro atoms. The minimum Gasteiger partial charge on any atom is -0.444 e. The number of carbonyl (C=O) groups is 2. The molecule has 0 aromatic carbocycles. The number of likely N-dealkylation sites (tertiary alicyclic amines) is 1. The summed E-state index contributed by atoms with van der Waals surface area (Å²) in [6, 6.07) is 0.266. The lowest BCUT2D eigenvalue weighted by Gasteiger charge is -2.40. The van der Waals surface area contributed by atoms with Crippen molar-refractivity contribution in [2.75, 3.05) is 26.2 Å². The molecule has 0 radical (unpaired) electrons. The summed E-state index contributed by atoms with van der Waals surface area (Å²) >= 11 is 0. The van der Waals surface area contributed by atoms with Crippen LogP contribution in [-0.4, -0.2) is 54.7 Å². The van der Waals surface area contributed by atoms with Crippen LogP contribution in [0.4, 0.5) is 4.79 Å². The molecule has 1 heterocycles. The van der Waals surface area contributed by atoms with E-state index >= 15 is 0 Å². The van der Waals surface area contributed by atoms with E-state index in [0.29, 0.717) is 32.6 Å². The Morgan fingerprint density at radius 2 is 1.95 bits per heavy atom. The van der Waals surface area contributed by atoms with Crippen LogP contribution < -0.4 is 10.6 Å². The SMILES string of the molecule is CCNC(=O)CCNC1CN(C(=O)OC(C)(C)C)C1. The normalized spacial score (nSPS) is 15.9. The van der Waals surface area contributed by atoms with Gasteiger partial charge in [-0.3, -0.25) is 4.79 Å². The molecule has 0 unspecified atom stereocenters. The molecule has 0 aromatic heterocycles. The van der Waals surface area contributed by atoms with Crippen LogP contribution in [0.5, 0.6) is 0 Å². The van der Waals surface area contributed by atoms with E-state index in [1.807, 2.05) is 27.7 Å². The molecule has 2 N–H and O–H groups in total. The van der Waals surface area contributed by atoms with Gasteiger partial charge in [0.25, 0.3) is 0 Å². The second-order valence-corrected chi connectivity index (χ2v) is 5.74. The van der Waals surface area contributed by atoms with Crippen molar-refractivity contribution in [1.29, 1.82) is 0 Å². The number of rotatable bonds is 5. The molecule has 1 aliphatic rings. The lowest BCUT2D eigenvalue weighted by molar-refractivity contribution is -0.120. The summed E-state index contributed by atoms with van der Waals surface area (Å²) in [5.74, 6) is 0.0540. The molecule has 0 saturated carbocycles. The number of amides is 2. The van der Waals surface area contributed by atoms with Crippen LogP contribution in [0.1, 0.15) is 34.1 Å². The summed E-state index contributed by atoms with van der Waals surface area (Å²) in [5.41, 5.74) is -0.451. The molecule has 0 atom stereocenters. The minimum atomic E-state index is -0.451. The fourth-order valence-corrected chi connectivity index (χ4v) is 1.76. The van der Waals surface area contributed by atoms with Gasteiger partial charge in [-0.2, -0.15) is 0 Å². The third kappa shape index (κ3) is 5.92. The van der Waals surface area contributed by atoms with Gasteiger partial charge in [0.15, 0.2) is 0 Å². The molecule has 1 saturated heterocycles. The largest absolute Gasteiger partial charge is 0.444 e. The number of nitrogens with one attached hydrogen (secondary N) is 2. The van der Waals surface area contributed by atoms with Crippen molar-refractivity contribution in [1.82, 2.24) is 15.5 Å². The quantitative estimate of drug-likeness (QED) is 0.773. The first kappa shape index (κ1) is 15.8. The Kier molecular flexibility index (Phi) is 5.60. The highest BCUT2D eigenvalue weighted by Gasteiger charge is 2.33. The third-order valence-corrected chi connectivity index (χ3v) is 2.69. The van der Waals surface area contributed by atoms with Gasteiger partial charge in [-0.15, -0.1) is 0 Å².